The number of hydrogen-bond donors (Lipinski definition) is 3. The molecule has 14 heavy (non-hydrogen) atoms. The summed E-state index contributed by atoms with van der Waals surface area (Å²) in [6.07, 6.45) is 2.90. The first kappa shape index (κ1) is 13.4. The van der Waals surface area contributed by atoms with Crippen molar-refractivity contribution in [3.05, 3.63) is 0 Å². The summed E-state index contributed by atoms with van der Waals surface area (Å²) in [5.74, 6) is -0.161. The number of nitrogens with two attached hydrogens (primary N) is 1. The Hall–Kier alpha value is -0.610. The molecule has 2 unspecified atom stereocenters. The standard InChI is InChI=1S/C10H22N2O2/c1-3-5-6-9(11)10(14)12-7-8(13)4-2/h8-9,13H,3-7,11H2,1-2H3,(H,12,14). The molecule has 4 heteroatoms. The second kappa shape index (κ2) is 7.76. The zero-order valence-electron chi connectivity index (χ0n) is 9.12. The molecule has 0 bridgehead atoms. The van der Waals surface area contributed by atoms with Gasteiger partial charge in [0.05, 0.1) is 12.1 Å². The van der Waals surface area contributed by atoms with Crippen LogP contribution in [0.1, 0.15) is 39.5 Å². The molecular formula is C10H22N2O2. The monoisotopic (exact) mass is 202 g/mol. The van der Waals surface area contributed by atoms with Crippen molar-refractivity contribution >= 4 is 5.91 Å². The normalized spacial score (nSPS) is 14.9. The van der Waals surface area contributed by atoms with Gasteiger partial charge in [-0.3, -0.25) is 4.79 Å². The summed E-state index contributed by atoms with van der Waals surface area (Å²) in [7, 11) is 0. The second-order valence-corrected chi connectivity index (χ2v) is 3.56. The number of hydrogen-bond acceptors (Lipinski definition) is 3. The average Bonchev–Trinajstić information content (AvgIpc) is 2.21. The maximum atomic E-state index is 11.3. The lowest BCUT2D eigenvalue weighted by atomic mass is 10.1. The molecule has 0 aliphatic rings. The fourth-order valence-electron chi connectivity index (χ4n) is 1.05. The Balaban J connectivity index is 3.61. The Morgan fingerprint density at radius 3 is 2.64 bits per heavy atom. The van der Waals surface area contributed by atoms with Crippen molar-refractivity contribution in [2.75, 3.05) is 6.54 Å². The van der Waals surface area contributed by atoms with Crippen molar-refractivity contribution < 1.29 is 9.90 Å². The predicted molar refractivity (Wildman–Crippen MR) is 56.8 cm³/mol. The molecule has 0 fully saturated rings. The molecule has 1 amide bonds. The highest BCUT2D eigenvalue weighted by molar-refractivity contribution is 5.81. The van der Waals surface area contributed by atoms with Crippen molar-refractivity contribution in [2.45, 2.75) is 51.7 Å². The summed E-state index contributed by atoms with van der Waals surface area (Å²) in [6, 6.07) is -0.431. The Bertz CT molecular complexity index is 162. The first-order valence-electron chi connectivity index (χ1n) is 5.33. The van der Waals surface area contributed by atoms with Gasteiger partial charge >= 0.3 is 0 Å². The minimum Gasteiger partial charge on any atom is -0.391 e. The fraction of sp³-hybridized carbons (Fsp3) is 0.900. The third-order valence-corrected chi connectivity index (χ3v) is 2.19. The topological polar surface area (TPSA) is 75.4 Å². The molecule has 0 aromatic carbocycles. The highest BCUT2D eigenvalue weighted by atomic mass is 16.3. The van der Waals surface area contributed by atoms with Crippen LogP contribution >= 0.6 is 0 Å². The zero-order valence-corrected chi connectivity index (χ0v) is 9.12. The molecular weight excluding hydrogens is 180 g/mol. The number of carbonyl (C=O) groups is 1. The van der Waals surface area contributed by atoms with Crippen molar-refractivity contribution in [2.24, 2.45) is 5.73 Å². The Morgan fingerprint density at radius 1 is 1.50 bits per heavy atom. The molecule has 0 saturated heterocycles. The highest BCUT2D eigenvalue weighted by Crippen LogP contribution is 1.98. The van der Waals surface area contributed by atoms with E-state index in [1.807, 2.05) is 6.92 Å². The first-order valence-corrected chi connectivity index (χ1v) is 5.33. The van der Waals surface area contributed by atoms with E-state index in [0.29, 0.717) is 19.4 Å². The van der Waals surface area contributed by atoms with Gasteiger partial charge in [-0.2, -0.15) is 0 Å². The van der Waals surface area contributed by atoms with E-state index in [9.17, 15) is 9.90 Å². The fourth-order valence-corrected chi connectivity index (χ4v) is 1.05. The van der Waals surface area contributed by atoms with Crippen molar-refractivity contribution in [3.63, 3.8) is 0 Å². The van der Waals surface area contributed by atoms with Crippen LogP contribution in [0.3, 0.4) is 0 Å². The van der Waals surface area contributed by atoms with Gasteiger partial charge in [-0.1, -0.05) is 26.7 Å². The zero-order chi connectivity index (χ0) is 11.0. The summed E-state index contributed by atoms with van der Waals surface area (Å²) in [4.78, 5) is 11.3. The summed E-state index contributed by atoms with van der Waals surface area (Å²) >= 11 is 0. The summed E-state index contributed by atoms with van der Waals surface area (Å²) < 4.78 is 0. The van der Waals surface area contributed by atoms with Crippen LogP contribution in [-0.2, 0) is 4.79 Å². The largest absolute Gasteiger partial charge is 0.391 e. The van der Waals surface area contributed by atoms with Gasteiger partial charge in [-0.05, 0) is 12.8 Å². The van der Waals surface area contributed by atoms with E-state index in [-0.39, 0.29) is 5.91 Å². The van der Waals surface area contributed by atoms with Gasteiger partial charge < -0.3 is 16.2 Å². The molecule has 0 spiro atoms. The van der Waals surface area contributed by atoms with Gasteiger partial charge in [-0.15, -0.1) is 0 Å². The molecule has 0 aromatic rings. The maximum absolute atomic E-state index is 11.3. The lowest BCUT2D eigenvalue weighted by molar-refractivity contribution is -0.123. The SMILES string of the molecule is CCCCC(N)C(=O)NCC(O)CC. The number of unbranched alkanes of at least 4 members (excludes halogenated alkanes) is 1. The number of carbonyl (C=O) groups excluding carboxylic acids is 1. The molecule has 4 N–H and O–H groups in total. The van der Waals surface area contributed by atoms with Gasteiger partial charge in [0.2, 0.25) is 5.91 Å². The maximum Gasteiger partial charge on any atom is 0.237 e. The summed E-state index contributed by atoms with van der Waals surface area (Å²) in [5, 5.41) is 11.8. The van der Waals surface area contributed by atoms with E-state index in [1.165, 1.54) is 0 Å². The molecule has 0 saturated carbocycles. The molecule has 4 nitrogen and oxygen atoms in total. The number of aliphatic hydroxyl groups is 1. The Morgan fingerprint density at radius 2 is 2.14 bits per heavy atom. The highest BCUT2D eigenvalue weighted by Gasteiger charge is 2.12. The molecule has 0 aromatic heterocycles. The van der Waals surface area contributed by atoms with Crippen LogP contribution < -0.4 is 11.1 Å². The predicted octanol–water partition coefficient (Wildman–Crippen LogP) is 0.391. The Kier molecular flexibility index (Phi) is 7.42. The molecule has 0 rings (SSSR count). The molecule has 0 radical (unpaired) electrons. The van der Waals surface area contributed by atoms with Crippen LogP contribution in [0.15, 0.2) is 0 Å². The number of nitrogens with one attached hydrogen (secondary N) is 1. The van der Waals surface area contributed by atoms with Crippen molar-refractivity contribution in [3.8, 4) is 0 Å². The van der Waals surface area contributed by atoms with Crippen molar-refractivity contribution in [1.29, 1.82) is 0 Å². The molecule has 2 atom stereocenters. The molecule has 84 valence electrons. The van der Waals surface area contributed by atoms with Crippen LogP contribution in [-0.4, -0.2) is 29.7 Å². The second-order valence-electron chi connectivity index (χ2n) is 3.56. The number of aliphatic hydroxyl groups excluding tert-OH is 1. The summed E-state index contributed by atoms with van der Waals surface area (Å²) in [5.41, 5.74) is 5.64. The third-order valence-electron chi connectivity index (χ3n) is 2.19. The van der Waals surface area contributed by atoms with E-state index in [1.54, 1.807) is 0 Å². The van der Waals surface area contributed by atoms with Crippen LogP contribution in [0.2, 0.25) is 0 Å². The van der Waals surface area contributed by atoms with Crippen LogP contribution in [0, 0.1) is 0 Å². The lowest BCUT2D eigenvalue weighted by Crippen LogP contribution is -2.43. The first-order chi connectivity index (χ1) is 6.61. The lowest BCUT2D eigenvalue weighted by Gasteiger charge is -2.13. The van der Waals surface area contributed by atoms with Crippen LogP contribution in [0.25, 0.3) is 0 Å². The van der Waals surface area contributed by atoms with E-state index in [4.69, 9.17) is 5.73 Å². The van der Waals surface area contributed by atoms with Gasteiger partial charge in [-0.25, -0.2) is 0 Å². The Labute approximate surface area is 85.9 Å². The van der Waals surface area contributed by atoms with Gasteiger partial charge in [0.1, 0.15) is 0 Å². The minimum atomic E-state index is -0.461. The molecule has 0 aliphatic carbocycles. The van der Waals surface area contributed by atoms with E-state index in [0.717, 1.165) is 12.8 Å². The summed E-state index contributed by atoms with van der Waals surface area (Å²) in [6.45, 7) is 4.23. The minimum absolute atomic E-state index is 0.161. The van der Waals surface area contributed by atoms with Gasteiger partial charge in [0.25, 0.3) is 0 Å². The smallest absolute Gasteiger partial charge is 0.237 e. The average molecular weight is 202 g/mol. The van der Waals surface area contributed by atoms with E-state index >= 15 is 0 Å². The van der Waals surface area contributed by atoms with Crippen LogP contribution in [0.4, 0.5) is 0 Å². The quantitative estimate of drug-likeness (QED) is 0.559. The van der Waals surface area contributed by atoms with E-state index in [2.05, 4.69) is 12.2 Å². The number of amides is 1. The number of rotatable bonds is 7. The van der Waals surface area contributed by atoms with Gasteiger partial charge in [0.15, 0.2) is 0 Å². The molecule has 0 aliphatic heterocycles. The van der Waals surface area contributed by atoms with Crippen LogP contribution in [0.5, 0.6) is 0 Å². The van der Waals surface area contributed by atoms with E-state index < -0.39 is 12.1 Å². The third kappa shape index (κ3) is 5.94. The van der Waals surface area contributed by atoms with Gasteiger partial charge in [0, 0.05) is 6.54 Å². The molecule has 0 heterocycles. The van der Waals surface area contributed by atoms with Crippen molar-refractivity contribution in [1.82, 2.24) is 5.32 Å².